The second-order valence-electron chi connectivity index (χ2n) is 6.56. The molecular formula is C20H20N4O3. The number of hydrogen-bond acceptors (Lipinski definition) is 6. The van der Waals surface area contributed by atoms with Crippen LogP contribution in [0.3, 0.4) is 0 Å². The monoisotopic (exact) mass is 364 g/mol. The van der Waals surface area contributed by atoms with Crippen molar-refractivity contribution in [3.8, 4) is 23.0 Å². The van der Waals surface area contributed by atoms with Gasteiger partial charge in [0.1, 0.15) is 6.10 Å². The molecule has 138 valence electrons. The minimum absolute atomic E-state index is 0.0630. The van der Waals surface area contributed by atoms with E-state index in [0.717, 1.165) is 22.2 Å². The first-order valence-corrected chi connectivity index (χ1v) is 8.83. The summed E-state index contributed by atoms with van der Waals surface area (Å²) in [5, 5.41) is 3.69. The van der Waals surface area contributed by atoms with Gasteiger partial charge in [0.2, 0.25) is 17.7 Å². The molecule has 7 nitrogen and oxygen atoms in total. The molecule has 2 atom stereocenters. The molecule has 0 bridgehead atoms. The third-order valence-corrected chi connectivity index (χ3v) is 4.78. The molecular weight excluding hydrogens is 344 g/mol. The average Bonchev–Trinajstić information content (AvgIpc) is 3.14. The summed E-state index contributed by atoms with van der Waals surface area (Å²) in [6.45, 7) is 2.59. The molecule has 7 heteroatoms. The highest BCUT2D eigenvalue weighted by atomic mass is 16.5. The van der Waals surface area contributed by atoms with E-state index in [-0.39, 0.29) is 17.9 Å². The highest BCUT2D eigenvalue weighted by Gasteiger charge is 2.28. The zero-order valence-electron chi connectivity index (χ0n) is 15.2. The molecule has 1 saturated heterocycles. The Bertz CT molecular complexity index is 975. The molecule has 1 N–H and O–H groups in total. The van der Waals surface area contributed by atoms with Crippen molar-refractivity contribution in [1.82, 2.24) is 20.3 Å². The molecule has 27 heavy (non-hydrogen) atoms. The zero-order chi connectivity index (χ0) is 18.8. The molecule has 0 aromatic carbocycles. The molecule has 1 amide bonds. The van der Waals surface area contributed by atoms with Gasteiger partial charge in [-0.25, -0.2) is 9.97 Å². The first kappa shape index (κ1) is 17.2. The summed E-state index contributed by atoms with van der Waals surface area (Å²) in [6, 6.07) is 9.40. The minimum Gasteiger partial charge on any atom is -0.481 e. The van der Waals surface area contributed by atoms with Crippen molar-refractivity contribution in [3.05, 3.63) is 42.7 Å². The van der Waals surface area contributed by atoms with Gasteiger partial charge in [0.15, 0.2) is 0 Å². The molecule has 4 rings (SSSR count). The van der Waals surface area contributed by atoms with E-state index in [4.69, 9.17) is 14.5 Å². The van der Waals surface area contributed by atoms with Crippen molar-refractivity contribution in [3.63, 3.8) is 0 Å². The van der Waals surface area contributed by atoms with Crippen molar-refractivity contribution in [2.45, 2.75) is 19.4 Å². The van der Waals surface area contributed by atoms with Crippen LogP contribution in [0.1, 0.15) is 13.3 Å². The number of methoxy groups -OCH3 is 1. The Kier molecular flexibility index (Phi) is 4.58. The van der Waals surface area contributed by atoms with Gasteiger partial charge in [-0.2, -0.15) is 0 Å². The van der Waals surface area contributed by atoms with E-state index in [2.05, 4.69) is 15.3 Å². The fourth-order valence-corrected chi connectivity index (χ4v) is 3.17. The highest BCUT2D eigenvalue weighted by molar-refractivity contribution is 5.86. The highest BCUT2D eigenvalue weighted by Crippen LogP contribution is 2.30. The molecule has 1 aliphatic rings. The Labute approximate surface area is 156 Å². The summed E-state index contributed by atoms with van der Waals surface area (Å²) in [7, 11) is 1.58. The lowest BCUT2D eigenvalue weighted by atomic mass is 10.0. The van der Waals surface area contributed by atoms with Gasteiger partial charge in [-0.15, -0.1) is 0 Å². The summed E-state index contributed by atoms with van der Waals surface area (Å²) in [5.74, 6) is 1.24. The first-order chi connectivity index (χ1) is 13.1. The lowest BCUT2D eigenvalue weighted by Gasteiger charge is -2.20. The Hall–Kier alpha value is -3.22. The van der Waals surface area contributed by atoms with Gasteiger partial charge >= 0.3 is 0 Å². The number of fused-ring (bicyclic) bond motifs is 1. The maximum atomic E-state index is 11.5. The van der Waals surface area contributed by atoms with Crippen LogP contribution in [0.4, 0.5) is 0 Å². The topological polar surface area (TPSA) is 86.2 Å². The maximum absolute atomic E-state index is 11.5. The van der Waals surface area contributed by atoms with Crippen LogP contribution in [0.15, 0.2) is 42.7 Å². The predicted molar refractivity (Wildman–Crippen MR) is 101 cm³/mol. The fourth-order valence-electron chi connectivity index (χ4n) is 3.17. The number of amides is 1. The number of nitrogens with one attached hydrogen (secondary N) is 1. The van der Waals surface area contributed by atoms with E-state index in [1.807, 2.05) is 31.2 Å². The van der Waals surface area contributed by atoms with E-state index in [1.54, 1.807) is 25.6 Å². The van der Waals surface area contributed by atoms with Gasteiger partial charge in [0.25, 0.3) is 0 Å². The molecule has 3 aromatic heterocycles. The molecule has 0 aliphatic carbocycles. The summed E-state index contributed by atoms with van der Waals surface area (Å²) in [4.78, 5) is 24.9. The number of nitrogens with zero attached hydrogens (tertiary/aromatic N) is 3. The van der Waals surface area contributed by atoms with Crippen LogP contribution >= 0.6 is 0 Å². The molecule has 3 aromatic rings. The predicted octanol–water partition coefficient (Wildman–Crippen LogP) is 2.60. The lowest BCUT2D eigenvalue weighted by molar-refractivity contribution is -0.119. The summed E-state index contributed by atoms with van der Waals surface area (Å²) in [5.41, 5.74) is 2.36. The largest absolute Gasteiger partial charge is 0.481 e. The van der Waals surface area contributed by atoms with Crippen molar-refractivity contribution < 1.29 is 14.3 Å². The van der Waals surface area contributed by atoms with Gasteiger partial charge in [0, 0.05) is 42.9 Å². The van der Waals surface area contributed by atoms with Crippen molar-refractivity contribution in [2.24, 2.45) is 5.92 Å². The summed E-state index contributed by atoms with van der Waals surface area (Å²) < 4.78 is 11.3. The van der Waals surface area contributed by atoms with Crippen molar-refractivity contribution in [2.75, 3.05) is 13.7 Å². The molecule has 4 heterocycles. The number of carbonyl (C=O) groups is 1. The minimum atomic E-state index is -0.149. The van der Waals surface area contributed by atoms with Gasteiger partial charge in [-0.3, -0.25) is 9.78 Å². The van der Waals surface area contributed by atoms with Crippen molar-refractivity contribution >= 4 is 16.8 Å². The van der Waals surface area contributed by atoms with E-state index in [0.29, 0.717) is 24.7 Å². The van der Waals surface area contributed by atoms with Crippen LogP contribution in [0, 0.1) is 5.92 Å². The smallest absolute Gasteiger partial charge is 0.223 e. The second kappa shape index (κ2) is 7.19. The first-order valence-electron chi connectivity index (χ1n) is 8.83. The van der Waals surface area contributed by atoms with Crippen molar-refractivity contribution in [1.29, 1.82) is 0 Å². The van der Waals surface area contributed by atoms with Gasteiger partial charge in [-0.1, -0.05) is 0 Å². The lowest BCUT2D eigenvalue weighted by Crippen LogP contribution is -2.26. The quantitative estimate of drug-likeness (QED) is 0.749. The number of ether oxygens (including phenoxy) is 2. The van der Waals surface area contributed by atoms with Crippen LogP contribution in [0.25, 0.3) is 22.2 Å². The number of aromatic nitrogens is 3. The van der Waals surface area contributed by atoms with E-state index in [1.165, 1.54) is 0 Å². The Morgan fingerprint density at radius 2 is 2.15 bits per heavy atom. The molecule has 0 saturated carbocycles. The van der Waals surface area contributed by atoms with Gasteiger partial charge in [0.05, 0.1) is 23.7 Å². The van der Waals surface area contributed by atoms with Crippen LogP contribution in [0.5, 0.6) is 11.8 Å². The second-order valence-corrected chi connectivity index (χ2v) is 6.56. The van der Waals surface area contributed by atoms with Crippen LogP contribution < -0.4 is 14.8 Å². The third kappa shape index (κ3) is 3.53. The molecule has 0 spiro atoms. The normalized spacial score (nSPS) is 17.6. The van der Waals surface area contributed by atoms with E-state index >= 15 is 0 Å². The Morgan fingerprint density at radius 1 is 1.26 bits per heavy atom. The molecule has 1 fully saturated rings. The molecule has 0 radical (unpaired) electrons. The fraction of sp³-hybridized carbons (Fsp3) is 0.300. The maximum Gasteiger partial charge on any atom is 0.223 e. The summed E-state index contributed by atoms with van der Waals surface area (Å²) in [6.07, 6.45) is 3.77. The van der Waals surface area contributed by atoms with Gasteiger partial charge < -0.3 is 14.8 Å². The van der Waals surface area contributed by atoms with Crippen LogP contribution in [-0.2, 0) is 4.79 Å². The van der Waals surface area contributed by atoms with Crippen LogP contribution in [-0.4, -0.2) is 40.6 Å². The number of rotatable bonds is 5. The third-order valence-electron chi connectivity index (χ3n) is 4.78. The van der Waals surface area contributed by atoms with E-state index in [9.17, 15) is 4.79 Å². The van der Waals surface area contributed by atoms with Crippen LogP contribution in [0.2, 0.25) is 0 Å². The number of hydrogen-bond donors (Lipinski definition) is 1. The summed E-state index contributed by atoms with van der Waals surface area (Å²) >= 11 is 0. The SMILES string of the molecule is COc1ccc(-c2cc3ncccc3c(O[C@H](C)C3CNC(=O)C3)n2)cn1. The van der Waals surface area contributed by atoms with E-state index < -0.39 is 0 Å². The average molecular weight is 364 g/mol. The molecule has 1 unspecified atom stereocenters. The zero-order valence-corrected chi connectivity index (χ0v) is 15.2. The Balaban J connectivity index is 1.70. The molecule has 1 aliphatic heterocycles. The number of carbonyl (C=O) groups excluding carboxylic acids is 1. The standard InChI is InChI=1S/C20H20N4O3/c1-12(14-8-18(25)22-11-14)27-20-15-4-3-7-21-17(15)9-16(24-20)13-5-6-19(26-2)23-10-13/h3-7,9-10,12,14H,8,11H2,1-2H3,(H,22,25)/t12-,14?/m1/s1. The Morgan fingerprint density at radius 3 is 2.85 bits per heavy atom. The number of pyridine rings is 3. The van der Waals surface area contributed by atoms with Gasteiger partial charge in [-0.05, 0) is 31.2 Å².